The van der Waals surface area contributed by atoms with Gasteiger partial charge in [-0.2, -0.15) is 0 Å². The van der Waals surface area contributed by atoms with E-state index >= 15 is 0 Å². The first-order valence-electron chi connectivity index (χ1n) is 9.54. The van der Waals surface area contributed by atoms with Gasteiger partial charge in [0.1, 0.15) is 0 Å². The third-order valence-corrected chi connectivity index (χ3v) is 4.61. The lowest BCUT2D eigenvalue weighted by Gasteiger charge is -2.42. The molecule has 2 rings (SSSR count). The smallest absolute Gasteiger partial charge is 0.312 e. The maximum Gasteiger partial charge on any atom is 0.312 e. The molecule has 0 saturated heterocycles. The van der Waals surface area contributed by atoms with Gasteiger partial charge in [0.2, 0.25) is 0 Å². The molecule has 3 N–H and O–H groups in total. The topological polar surface area (TPSA) is 64.3 Å². The zero-order valence-electron chi connectivity index (χ0n) is 16.8. The average molecular weight is 351 g/mol. The fourth-order valence-corrected chi connectivity index (χ4v) is 3.78. The molecule has 1 aliphatic carbocycles. The van der Waals surface area contributed by atoms with Crippen LogP contribution in [-0.4, -0.2) is 33.7 Å². The standard InChI is InChI=1S/C18H26O2.C2H7N.CH5N/c1-3-13-18(17(19)20-4-2)14-9-8-12-16(18)15-10-6-5-7-11-15;1-3-2;1-2/h5-7,10-11,16H,3-4,8-9,12-14H2,1-2H3;3H,1-2H3;2H2,1H3. The predicted octanol–water partition coefficient (Wildman–Crippen LogP) is 4.10. The number of carbonyl (C=O) groups is 1. The first-order valence-corrected chi connectivity index (χ1v) is 9.54. The lowest BCUT2D eigenvalue weighted by atomic mass is 9.61. The molecular weight excluding hydrogens is 312 g/mol. The van der Waals surface area contributed by atoms with Crippen LogP contribution in [0, 0.1) is 5.41 Å². The maximum atomic E-state index is 12.7. The van der Waals surface area contributed by atoms with Crippen molar-refractivity contribution in [3.05, 3.63) is 35.9 Å². The molecule has 0 spiro atoms. The van der Waals surface area contributed by atoms with Gasteiger partial charge in [-0.15, -0.1) is 0 Å². The molecule has 2 unspecified atom stereocenters. The van der Waals surface area contributed by atoms with Gasteiger partial charge in [0.05, 0.1) is 12.0 Å². The van der Waals surface area contributed by atoms with Crippen molar-refractivity contribution in [2.45, 2.75) is 58.3 Å². The number of nitrogens with one attached hydrogen (secondary N) is 1. The maximum absolute atomic E-state index is 12.7. The van der Waals surface area contributed by atoms with Gasteiger partial charge in [-0.05, 0) is 58.8 Å². The second-order valence-corrected chi connectivity index (χ2v) is 6.34. The summed E-state index contributed by atoms with van der Waals surface area (Å²) in [6.07, 6.45) is 6.39. The van der Waals surface area contributed by atoms with Crippen LogP contribution in [-0.2, 0) is 9.53 Å². The molecule has 0 bridgehead atoms. The Labute approximate surface area is 154 Å². The Bertz CT molecular complexity index is 446. The fourth-order valence-electron chi connectivity index (χ4n) is 3.78. The van der Waals surface area contributed by atoms with Crippen LogP contribution in [0.1, 0.15) is 63.9 Å². The summed E-state index contributed by atoms with van der Waals surface area (Å²) >= 11 is 0. The van der Waals surface area contributed by atoms with E-state index < -0.39 is 0 Å². The van der Waals surface area contributed by atoms with Crippen LogP contribution in [0.15, 0.2) is 30.3 Å². The molecule has 0 aliphatic heterocycles. The van der Waals surface area contributed by atoms with Crippen LogP contribution >= 0.6 is 0 Å². The minimum absolute atomic E-state index is 0.0235. The first-order chi connectivity index (χ1) is 12.2. The van der Waals surface area contributed by atoms with E-state index in [0.29, 0.717) is 12.5 Å². The van der Waals surface area contributed by atoms with Crippen molar-refractivity contribution in [3.63, 3.8) is 0 Å². The molecule has 1 aromatic rings. The van der Waals surface area contributed by atoms with Crippen LogP contribution in [0.25, 0.3) is 0 Å². The minimum atomic E-state index is -0.301. The van der Waals surface area contributed by atoms with Crippen molar-refractivity contribution in [3.8, 4) is 0 Å². The Morgan fingerprint density at radius 2 is 1.80 bits per heavy atom. The van der Waals surface area contributed by atoms with Gasteiger partial charge in [-0.25, -0.2) is 0 Å². The van der Waals surface area contributed by atoms with Crippen LogP contribution < -0.4 is 11.1 Å². The average Bonchev–Trinajstić information content (AvgIpc) is 2.65. The van der Waals surface area contributed by atoms with E-state index in [1.807, 2.05) is 27.1 Å². The Balaban J connectivity index is 0.00000104. The van der Waals surface area contributed by atoms with Gasteiger partial charge in [0.25, 0.3) is 0 Å². The van der Waals surface area contributed by atoms with Crippen molar-refractivity contribution < 1.29 is 9.53 Å². The molecule has 2 atom stereocenters. The van der Waals surface area contributed by atoms with Gasteiger partial charge in [-0.3, -0.25) is 4.79 Å². The molecule has 0 radical (unpaired) electrons. The van der Waals surface area contributed by atoms with Crippen LogP contribution in [0.4, 0.5) is 0 Å². The fraction of sp³-hybridized carbons (Fsp3) is 0.667. The lowest BCUT2D eigenvalue weighted by Crippen LogP contribution is -2.41. The van der Waals surface area contributed by atoms with Crippen molar-refractivity contribution in [1.82, 2.24) is 5.32 Å². The number of benzene rings is 1. The molecule has 0 aromatic heterocycles. The van der Waals surface area contributed by atoms with Crippen molar-refractivity contribution in [1.29, 1.82) is 0 Å². The quantitative estimate of drug-likeness (QED) is 0.785. The van der Waals surface area contributed by atoms with Gasteiger partial charge in [0.15, 0.2) is 0 Å². The third-order valence-electron chi connectivity index (χ3n) is 4.61. The highest BCUT2D eigenvalue weighted by Crippen LogP contribution is 2.51. The normalized spacial score (nSPS) is 21.9. The van der Waals surface area contributed by atoms with E-state index in [0.717, 1.165) is 32.1 Å². The highest BCUT2D eigenvalue weighted by Gasteiger charge is 2.47. The Morgan fingerprint density at radius 1 is 1.20 bits per heavy atom. The molecule has 1 aromatic carbocycles. The Kier molecular flexibility index (Phi) is 13.1. The van der Waals surface area contributed by atoms with E-state index in [2.05, 4.69) is 42.2 Å². The number of rotatable bonds is 5. The second kappa shape index (κ2) is 13.9. The Morgan fingerprint density at radius 3 is 2.32 bits per heavy atom. The number of hydrogen-bond acceptors (Lipinski definition) is 4. The molecule has 25 heavy (non-hydrogen) atoms. The van der Waals surface area contributed by atoms with E-state index in [1.165, 1.54) is 19.0 Å². The highest BCUT2D eigenvalue weighted by molar-refractivity contribution is 5.78. The minimum Gasteiger partial charge on any atom is -0.466 e. The van der Waals surface area contributed by atoms with E-state index in [1.54, 1.807) is 0 Å². The zero-order valence-corrected chi connectivity index (χ0v) is 16.8. The zero-order chi connectivity index (χ0) is 19.1. The summed E-state index contributed by atoms with van der Waals surface area (Å²) in [5, 5.41) is 2.75. The molecule has 4 heteroatoms. The largest absolute Gasteiger partial charge is 0.466 e. The van der Waals surface area contributed by atoms with E-state index in [-0.39, 0.29) is 11.4 Å². The highest BCUT2D eigenvalue weighted by atomic mass is 16.5. The SMILES string of the molecule is CCCC1(C(=O)OCC)CCCCC1c1ccccc1.CN.CNC. The summed E-state index contributed by atoms with van der Waals surface area (Å²) < 4.78 is 5.45. The summed E-state index contributed by atoms with van der Waals surface area (Å²) in [7, 11) is 5.25. The van der Waals surface area contributed by atoms with Gasteiger partial charge < -0.3 is 15.8 Å². The molecule has 1 aliphatic rings. The van der Waals surface area contributed by atoms with Crippen molar-refractivity contribution in [2.75, 3.05) is 27.7 Å². The number of nitrogens with two attached hydrogens (primary N) is 1. The summed E-state index contributed by atoms with van der Waals surface area (Å²) in [4.78, 5) is 12.7. The molecule has 1 fully saturated rings. The number of carbonyl (C=O) groups excluding carboxylic acids is 1. The molecular formula is C21H38N2O2. The molecule has 1 saturated carbocycles. The molecule has 4 nitrogen and oxygen atoms in total. The third kappa shape index (κ3) is 6.79. The Hall–Kier alpha value is -1.39. The van der Waals surface area contributed by atoms with Crippen LogP contribution in [0.2, 0.25) is 0 Å². The monoisotopic (exact) mass is 350 g/mol. The predicted molar refractivity (Wildman–Crippen MR) is 107 cm³/mol. The molecule has 144 valence electrons. The van der Waals surface area contributed by atoms with Crippen LogP contribution in [0.3, 0.4) is 0 Å². The van der Waals surface area contributed by atoms with Crippen LogP contribution in [0.5, 0.6) is 0 Å². The number of esters is 1. The van der Waals surface area contributed by atoms with Crippen molar-refractivity contribution in [2.24, 2.45) is 11.1 Å². The van der Waals surface area contributed by atoms with Gasteiger partial charge in [0, 0.05) is 0 Å². The van der Waals surface area contributed by atoms with Gasteiger partial charge >= 0.3 is 5.97 Å². The molecule has 0 amide bonds. The second-order valence-electron chi connectivity index (χ2n) is 6.34. The van der Waals surface area contributed by atoms with E-state index in [9.17, 15) is 4.79 Å². The number of ether oxygens (including phenoxy) is 1. The van der Waals surface area contributed by atoms with Gasteiger partial charge in [-0.1, -0.05) is 56.5 Å². The van der Waals surface area contributed by atoms with E-state index in [4.69, 9.17) is 4.74 Å². The first kappa shape index (κ1) is 23.6. The summed E-state index contributed by atoms with van der Waals surface area (Å²) in [6.45, 7) is 4.54. The summed E-state index contributed by atoms with van der Waals surface area (Å²) in [5.41, 5.74) is 5.50. The molecule has 0 heterocycles. The van der Waals surface area contributed by atoms with Crippen molar-refractivity contribution >= 4 is 5.97 Å². The summed E-state index contributed by atoms with van der Waals surface area (Å²) in [6, 6.07) is 10.5. The summed E-state index contributed by atoms with van der Waals surface area (Å²) in [5.74, 6) is 0.340. The number of hydrogen-bond donors (Lipinski definition) is 2. The lowest BCUT2D eigenvalue weighted by molar-refractivity contribution is -0.159.